The Hall–Kier alpha value is -2.40. The summed E-state index contributed by atoms with van der Waals surface area (Å²) in [6.45, 7) is 1.89. The molecule has 4 rings (SSSR count). The molecule has 0 saturated heterocycles. The van der Waals surface area contributed by atoms with E-state index in [-0.39, 0.29) is 24.0 Å². The van der Waals surface area contributed by atoms with Crippen molar-refractivity contribution in [1.29, 1.82) is 0 Å². The average molecular weight is 508 g/mol. The van der Waals surface area contributed by atoms with Gasteiger partial charge in [0.15, 0.2) is 17.4 Å². The average Bonchev–Trinajstić information content (AvgIpc) is 3.46. The van der Waals surface area contributed by atoms with E-state index in [9.17, 15) is 0 Å². The predicted molar refractivity (Wildman–Crippen MR) is 121 cm³/mol. The summed E-state index contributed by atoms with van der Waals surface area (Å²) in [5.74, 6) is 2.49. The van der Waals surface area contributed by atoms with E-state index >= 15 is 0 Å². The number of halogens is 1. The Kier molecular flexibility index (Phi) is 7.43. The van der Waals surface area contributed by atoms with Gasteiger partial charge in [-0.05, 0) is 35.7 Å². The maximum Gasteiger partial charge on any atom is 0.192 e. The molecule has 4 aromatic rings. The molecule has 7 nitrogen and oxygen atoms in total. The number of hydrogen-bond acceptors (Lipinski definition) is 5. The van der Waals surface area contributed by atoms with Crippen LogP contribution >= 0.6 is 35.3 Å². The highest BCUT2D eigenvalue weighted by molar-refractivity contribution is 14.0. The van der Waals surface area contributed by atoms with E-state index in [0.29, 0.717) is 6.54 Å². The van der Waals surface area contributed by atoms with Crippen LogP contribution in [0, 0.1) is 0 Å². The van der Waals surface area contributed by atoms with Crippen molar-refractivity contribution < 1.29 is 4.42 Å². The summed E-state index contributed by atoms with van der Waals surface area (Å²) in [4.78, 5) is 5.93. The molecule has 0 bridgehead atoms. The zero-order chi connectivity index (χ0) is 18.3. The van der Waals surface area contributed by atoms with Gasteiger partial charge in [0.1, 0.15) is 12.3 Å². The molecule has 28 heavy (non-hydrogen) atoms. The normalized spacial score (nSPS) is 11.4. The second kappa shape index (κ2) is 10.2. The third kappa shape index (κ3) is 5.32. The molecule has 0 saturated carbocycles. The first-order valence-electron chi connectivity index (χ1n) is 8.74. The fourth-order valence-corrected chi connectivity index (χ4v) is 3.31. The van der Waals surface area contributed by atoms with Gasteiger partial charge in [-0.25, -0.2) is 4.99 Å². The SMILES string of the molecule is I.c1coc(CCNC(=NCc2nnc3ccccn23)NCc2cccs2)c1. The molecule has 0 aliphatic rings. The van der Waals surface area contributed by atoms with Gasteiger partial charge in [-0.2, -0.15) is 0 Å². The molecule has 0 unspecified atom stereocenters. The maximum atomic E-state index is 5.38. The second-order valence-corrected chi connectivity index (χ2v) is 6.93. The third-order valence-electron chi connectivity index (χ3n) is 4.02. The summed E-state index contributed by atoms with van der Waals surface area (Å²) < 4.78 is 7.33. The van der Waals surface area contributed by atoms with E-state index in [1.54, 1.807) is 17.6 Å². The van der Waals surface area contributed by atoms with Crippen LogP contribution in [0.2, 0.25) is 0 Å². The van der Waals surface area contributed by atoms with Crippen molar-refractivity contribution in [1.82, 2.24) is 25.2 Å². The first-order valence-corrected chi connectivity index (χ1v) is 9.62. The molecule has 0 aliphatic carbocycles. The number of thiophene rings is 1. The Morgan fingerprint density at radius 1 is 1.11 bits per heavy atom. The van der Waals surface area contributed by atoms with Gasteiger partial charge >= 0.3 is 0 Å². The highest BCUT2D eigenvalue weighted by Crippen LogP contribution is 2.08. The summed E-state index contributed by atoms with van der Waals surface area (Å²) >= 11 is 1.72. The summed E-state index contributed by atoms with van der Waals surface area (Å²) in [6.07, 6.45) is 4.43. The lowest BCUT2D eigenvalue weighted by molar-refractivity contribution is 0.506. The Bertz CT molecular complexity index is 997. The van der Waals surface area contributed by atoms with Crippen LogP contribution in [0.1, 0.15) is 16.5 Å². The molecular weight excluding hydrogens is 487 g/mol. The third-order valence-corrected chi connectivity index (χ3v) is 4.89. The van der Waals surface area contributed by atoms with Crippen LogP contribution in [-0.4, -0.2) is 27.1 Å². The largest absolute Gasteiger partial charge is 0.469 e. The lowest BCUT2D eigenvalue weighted by Gasteiger charge is -2.11. The molecule has 2 N–H and O–H groups in total. The number of pyridine rings is 1. The van der Waals surface area contributed by atoms with Crippen molar-refractivity contribution in [2.24, 2.45) is 4.99 Å². The van der Waals surface area contributed by atoms with Crippen molar-refractivity contribution in [3.05, 3.63) is 76.8 Å². The Morgan fingerprint density at radius 3 is 2.89 bits per heavy atom. The monoisotopic (exact) mass is 508 g/mol. The van der Waals surface area contributed by atoms with Gasteiger partial charge < -0.3 is 15.1 Å². The summed E-state index contributed by atoms with van der Waals surface area (Å²) in [7, 11) is 0. The van der Waals surface area contributed by atoms with Crippen LogP contribution in [0.3, 0.4) is 0 Å². The number of rotatable bonds is 7. The van der Waals surface area contributed by atoms with Crippen molar-refractivity contribution in [3.63, 3.8) is 0 Å². The van der Waals surface area contributed by atoms with Crippen LogP contribution in [-0.2, 0) is 19.5 Å². The summed E-state index contributed by atoms with van der Waals surface area (Å²) in [5, 5.41) is 17.2. The van der Waals surface area contributed by atoms with E-state index in [1.165, 1.54) is 4.88 Å². The summed E-state index contributed by atoms with van der Waals surface area (Å²) in [5.41, 5.74) is 0.821. The number of nitrogens with one attached hydrogen (secondary N) is 2. The second-order valence-electron chi connectivity index (χ2n) is 5.90. The van der Waals surface area contributed by atoms with Crippen molar-refractivity contribution in [2.75, 3.05) is 6.54 Å². The highest BCUT2D eigenvalue weighted by atomic mass is 127. The van der Waals surface area contributed by atoms with E-state index in [0.717, 1.165) is 42.7 Å². The van der Waals surface area contributed by atoms with E-state index < -0.39 is 0 Å². The number of hydrogen-bond donors (Lipinski definition) is 2. The zero-order valence-corrected chi connectivity index (χ0v) is 18.3. The van der Waals surface area contributed by atoms with Crippen LogP contribution in [0.4, 0.5) is 0 Å². The molecule has 0 aromatic carbocycles. The number of nitrogens with zero attached hydrogens (tertiary/aromatic N) is 4. The molecule has 4 aromatic heterocycles. The van der Waals surface area contributed by atoms with Gasteiger partial charge in [-0.3, -0.25) is 4.40 Å². The standard InChI is InChI=1S/C19H20N6OS.HI/c1-2-10-25-17(7-1)23-24-18(25)14-22-19(21-13-16-6-4-12-27-16)20-9-8-15-5-3-11-26-15;/h1-7,10-12H,8-9,13-14H2,(H2,20,21,22);1H. The smallest absolute Gasteiger partial charge is 0.192 e. The molecule has 0 aliphatic heterocycles. The molecule has 9 heteroatoms. The van der Waals surface area contributed by atoms with Crippen LogP contribution in [0.5, 0.6) is 0 Å². The van der Waals surface area contributed by atoms with E-state index in [4.69, 9.17) is 4.42 Å². The first kappa shape index (κ1) is 20.3. The van der Waals surface area contributed by atoms with Gasteiger partial charge in [0, 0.05) is 24.0 Å². The van der Waals surface area contributed by atoms with Gasteiger partial charge in [0.05, 0.1) is 12.8 Å². The van der Waals surface area contributed by atoms with Crippen LogP contribution in [0.15, 0.2) is 69.7 Å². The fourth-order valence-electron chi connectivity index (χ4n) is 2.67. The lowest BCUT2D eigenvalue weighted by atomic mass is 10.3. The van der Waals surface area contributed by atoms with Crippen LogP contribution in [0.25, 0.3) is 5.65 Å². The van der Waals surface area contributed by atoms with Crippen molar-refractivity contribution in [3.8, 4) is 0 Å². The minimum atomic E-state index is 0. The molecule has 0 atom stereocenters. The number of guanidine groups is 1. The molecule has 4 heterocycles. The molecule has 0 amide bonds. The van der Waals surface area contributed by atoms with E-state index in [2.05, 4.69) is 37.3 Å². The predicted octanol–water partition coefficient (Wildman–Crippen LogP) is 3.48. The lowest BCUT2D eigenvalue weighted by Crippen LogP contribution is -2.38. The van der Waals surface area contributed by atoms with Gasteiger partial charge in [0.25, 0.3) is 0 Å². The number of aromatic nitrogens is 3. The van der Waals surface area contributed by atoms with Crippen molar-refractivity contribution >= 4 is 46.9 Å². The quantitative estimate of drug-likeness (QED) is 0.227. The molecule has 0 fully saturated rings. The zero-order valence-electron chi connectivity index (χ0n) is 15.1. The molecule has 0 spiro atoms. The Balaban J connectivity index is 0.00000225. The number of fused-ring (bicyclic) bond motifs is 1. The first-order chi connectivity index (χ1) is 13.4. The molecule has 0 radical (unpaired) electrons. The minimum Gasteiger partial charge on any atom is -0.469 e. The molecular formula is C19H21IN6OS. The van der Waals surface area contributed by atoms with Gasteiger partial charge in [0.2, 0.25) is 0 Å². The minimum absolute atomic E-state index is 0. The van der Waals surface area contributed by atoms with Gasteiger partial charge in [-0.1, -0.05) is 12.1 Å². The van der Waals surface area contributed by atoms with Crippen molar-refractivity contribution in [2.45, 2.75) is 19.5 Å². The number of aliphatic imine (C=N–C) groups is 1. The fraction of sp³-hybridized carbons (Fsp3) is 0.211. The number of furan rings is 1. The Labute approximate surface area is 183 Å². The Morgan fingerprint density at radius 2 is 2.07 bits per heavy atom. The summed E-state index contributed by atoms with van der Waals surface area (Å²) in [6, 6.07) is 13.9. The topological polar surface area (TPSA) is 79.8 Å². The molecule has 146 valence electrons. The highest BCUT2D eigenvalue weighted by Gasteiger charge is 2.06. The van der Waals surface area contributed by atoms with Crippen LogP contribution < -0.4 is 10.6 Å². The van der Waals surface area contributed by atoms with E-state index in [1.807, 2.05) is 47.0 Å². The van der Waals surface area contributed by atoms with Gasteiger partial charge in [-0.15, -0.1) is 45.5 Å². The maximum absolute atomic E-state index is 5.38.